The smallest absolute Gasteiger partial charge is 0.422 e. The van der Waals surface area contributed by atoms with Gasteiger partial charge in [0.15, 0.2) is 6.61 Å². The molecule has 6 rings (SSSR count). The van der Waals surface area contributed by atoms with Crippen LogP contribution < -0.4 is 14.2 Å². The summed E-state index contributed by atoms with van der Waals surface area (Å²) in [6, 6.07) is 20.5. The molecule has 1 aromatic heterocycles. The van der Waals surface area contributed by atoms with E-state index in [0.29, 0.717) is 57.9 Å². The second kappa shape index (κ2) is 17.4. The standard InChI is InChI=1S/C36H44F3N5O5.2ClH/c1-4-35(22-47-23-35)33(45)43-16-17-44-27(19-43)18-42(21-29(44)30(25-12-8-6-9-13-25)26-14-10-7-11-15-26)20-28-31(46-3)40-34(48-5-2)41-32(28)49-24-36(37,38)39;;/h6-15,27,29-30H,4-5,16-24H2,1-3H3;2*1H/t27-,29+;;/m1../s1. The maximum absolute atomic E-state index is 13.9. The largest absolute Gasteiger partial charge is 0.481 e. The van der Waals surface area contributed by atoms with E-state index < -0.39 is 18.2 Å². The van der Waals surface area contributed by atoms with Crippen LogP contribution >= 0.6 is 24.8 Å². The van der Waals surface area contributed by atoms with Crippen LogP contribution in [-0.4, -0.2) is 115 Å². The van der Waals surface area contributed by atoms with Gasteiger partial charge in [-0.2, -0.15) is 23.1 Å². The van der Waals surface area contributed by atoms with E-state index in [-0.39, 0.29) is 79.6 Å². The molecule has 10 nitrogen and oxygen atoms in total. The second-order valence-corrected chi connectivity index (χ2v) is 13.0. The van der Waals surface area contributed by atoms with Gasteiger partial charge in [-0.05, 0) is 24.5 Å². The van der Waals surface area contributed by atoms with Gasteiger partial charge in [0.2, 0.25) is 17.7 Å². The maximum Gasteiger partial charge on any atom is 0.422 e. The summed E-state index contributed by atoms with van der Waals surface area (Å²) in [4.78, 5) is 29.1. The van der Waals surface area contributed by atoms with Crippen LogP contribution in [0.15, 0.2) is 60.7 Å². The Morgan fingerprint density at radius 1 is 0.922 bits per heavy atom. The Hall–Kier alpha value is -3.36. The van der Waals surface area contributed by atoms with E-state index in [1.54, 1.807) is 6.92 Å². The number of carbonyl (C=O) groups excluding carboxylic acids is 1. The van der Waals surface area contributed by atoms with Gasteiger partial charge in [0.1, 0.15) is 0 Å². The van der Waals surface area contributed by atoms with Crippen molar-refractivity contribution in [1.29, 1.82) is 0 Å². The molecule has 3 aliphatic rings. The molecule has 0 unspecified atom stereocenters. The van der Waals surface area contributed by atoms with Gasteiger partial charge < -0.3 is 23.8 Å². The zero-order valence-electron chi connectivity index (χ0n) is 29.0. The highest BCUT2D eigenvalue weighted by atomic mass is 35.5. The Morgan fingerprint density at radius 3 is 2.08 bits per heavy atom. The quantitative estimate of drug-likeness (QED) is 0.234. The number of halogens is 5. The zero-order valence-corrected chi connectivity index (χ0v) is 30.6. The van der Waals surface area contributed by atoms with Gasteiger partial charge in [0.25, 0.3) is 0 Å². The van der Waals surface area contributed by atoms with Crippen LogP contribution in [0.2, 0.25) is 0 Å². The van der Waals surface area contributed by atoms with Crippen LogP contribution in [0.1, 0.15) is 42.9 Å². The number of hydrogen-bond acceptors (Lipinski definition) is 9. The van der Waals surface area contributed by atoms with E-state index in [4.69, 9.17) is 18.9 Å². The van der Waals surface area contributed by atoms with E-state index in [2.05, 4.69) is 44.0 Å². The molecule has 3 saturated heterocycles. The second-order valence-electron chi connectivity index (χ2n) is 13.0. The Kier molecular flexibility index (Phi) is 13.8. The predicted octanol–water partition coefficient (Wildman–Crippen LogP) is 5.62. The van der Waals surface area contributed by atoms with Crippen LogP contribution in [0, 0.1) is 5.41 Å². The van der Waals surface area contributed by atoms with E-state index in [0.717, 1.165) is 11.1 Å². The van der Waals surface area contributed by atoms with Crippen LogP contribution in [0.25, 0.3) is 0 Å². The van der Waals surface area contributed by atoms with Gasteiger partial charge in [-0.3, -0.25) is 14.6 Å². The topological polar surface area (TPSA) is 89.5 Å². The Labute approximate surface area is 309 Å². The molecular formula is C36H46Cl2F3N5O5. The molecule has 0 spiro atoms. The number of piperazine rings is 2. The monoisotopic (exact) mass is 755 g/mol. The lowest BCUT2D eigenvalue weighted by atomic mass is 9.80. The Balaban J connectivity index is 0.00000292. The van der Waals surface area contributed by atoms with Gasteiger partial charge in [-0.1, -0.05) is 67.6 Å². The third-order valence-corrected chi connectivity index (χ3v) is 9.88. The molecule has 1 amide bonds. The summed E-state index contributed by atoms with van der Waals surface area (Å²) in [5, 5.41) is 0. The molecular weight excluding hydrogens is 710 g/mol. The number of benzene rings is 2. The lowest BCUT2D eigenvalue weighted by molar-refractivity contribution is -0.177. The summed E-state index contributed by atoms with van der Waals surface area (Å²) in [5.41, 5.74) is 2.14. The molecule has 280 valence electrons. The fraction of sp³-hybridized carbons (Fsp3) is 0.528. The predicted molar refractivity (Wildman–Crippen MR) is 190 cm³/mol. The van der Waals surface area contributed by atoms with Gasteiger partial charge in [-0.15, -0.1) is 24.8 Å². The molecule has 2 aromatic carbocycles. The van der Waals surface area contributed by atoms with Crippen molar-refractivity contribution in [3.63, 3.8) is 0 Å². The molecule has 0 N–H and O–H groups in total. The zero-order chi connectivity index (χ0) is 34.6. The first kappa shape index (κ1) is 40.4. The molecule has 0 radical (unpaired) electrons. The summed E-state index contributed by atoms with van der Waals surface area (Å²) in [7, 11) is 1.41. The Morgan fingerprint density at radius 2 is 1.55 bits per heavy atom. The van der Waals surface area contributed by atoms with Crippen molar-refractivity contribution >= 4 is 30.7 Å². The molecule has 4 heterocycles. The van der Waals surface area contributed by atoms with Gasteiger partial charge >= 0.3 is 12.2 Å². The van der Waals surface area contributed by atoms with E-state index in [9.17, 15) is 18.0 Å². The number of methoxy groups -OCH3 is 1. The van der Waals surface area contributed by atoms with Crippen molar-refractivity contribution in [3.8, 4) is 17.8 Å². The number of alkyl halides is 3. The van der Waals surface area contributed by atoms with Gasteiger partial charge in [-0.25, -0.2) is 0 Å². The normalized spacial score (nSPS) is 20.3. The van der Waals surface area contributed by atoms with Gasteiger partial charge in [0.05, 0.1) is 37.9 Å². The van der Waals surface area contributed by atoms with E-state index in [1.807, 2.05) is 48.2 Å². The average molecular weight is 757 g/mol. The summed E-state index contributed by atoms with van der Waals surface area (Å²) in [6.07, 6.45) is -3.86. The van der Waals surface area contributed by atoms with Crippen molar-refractivity contribution in [2.24, 2.45) is 5.41 Å². The first-order chi connectivity index (χ1) is 23.6. The lowest BCUT2D eigenvalue weighted by Crippen LogP contribution is -2.69. The summed E-state index contributed by atoms with van der Waals surface area (Å²) >= 11 is 0. The average Bonchev–Trinajstić information content (AvgIpc) is 3.08. The molecule has 2 atom stereocenters. The fourth-order valence-electron chi connectivity index (χ4n) is 7.36. The molecule has 15 heteroatoms. The Bertz CT molecular complexity index is 1530. The number of nitrogens with zero attached hydrogens (tertiary/aromatic N) is 5. The minimum Gasteiger partial charge on any atom is -0.481 e. The highest BCUT2D eigenvalue weighted by Gasteiger charge is 2.49. The first-order valence-corrected chi connectivity index (χ1v) is 16.9. The van der Waals surface area contributed by atoms with Crippen molar-refractivity contribution < 1.29 is 36.9 Å². The lowest BCUT2D eigenvalue weighted by Gasteiger charge is -2.55. The van der Waals surface area contributed by atoms with Crippen molar-refractivity contribution in [1.82, 2.24) is 24.7 Å². The molecule has 3 aliphatic heterocycles. The number of aromatic nitrogens is 2. The number of amides is 1. The third-order valence-electron chi connectivity index (χ3n) is 9.88. The van der Waals surface area contributed by atoms with Crippen molar-refractivity contribution in [2.45, 2.75) is 51.0 Å². The fourth-order valence-corrected chi connectivity index (χ4v) is 7.36. The highest BCUT2D eigenvalue weighted by molar-refractivity contribution is 5.85. The number of carbonyl (C=O) groups is 1. The summed E-state index contributed by atoms with van der Waals surface area (Å²) in [5.74, 6) is -0.0322. The number of hydrogen-bond donors (Lipinski definition) is 0. The highest BCUT2D eigenvalue weighted by Crippen LogP contribution is 2.39. The van der Waals surface area contributed by atoms with Crippen LogP contribution in [0.3, 0.4) is 0 Å². The number of ether oxygens (including phenoxy) is 4. The van der Waals surface area contributed by atoms with Crippen LogP contribution in [0.5, 0.6) is 17.8 Å². The maximum atomic E-state index is 13.9. The molecule has 3 fully saturated rings. The minimum absolute atomic E-state index is 0. The van der Waals surface area contributed by atoms with Crippen LogP contribution in [-0.2, 0) is 16.1 Å². The molecule has 3 aromatic rings. The minimum atomic E-state index is -4.57. The number of fused-ring (bicyclic) bond motifs is 1. The molecule has 0 bridgehead atoms. The summed E-state index contributed by atoms with van der Waals surface area (Å²) < 4.78 is 61.9. The molecule has 0 saturated carbocycles. The van der Waals surface area contributed by atoms with Crippen molar-refractivity contribution in [3.05, 3.63) is 77.4 Å². The summed E-state index contributed by atoms with van der Waals surface area (Å²) in [6.45, 7) is 6.47. The van der Waals surface area contributed by atoms with E-state index in [1.165, 1.54) is 7.11 Å². The van der Waals surface area contributed by atoms with Gasteiger partial charge in [0, 0.05) is 57.3 Å². The SMILES string of the molecule is CCOc1nc(OC)c(CN2C[C@@H]3CN(C(=O)C4(CC)COC4)CCN3[C@H](C(c3ccccc3)c3ccccc3)C2)c(OCC(F)(F)F)n1.Cl.Cl. The number of rotatable bonds is 12. The van der Waals surface area contributed by atoms with Crippen LogP contribution in [0.4, 0.5) is 13.2 Å². The third kappa shape index (κ3) is 9.00. The molecule has 0 aliphatic carbocycles. The van der Waals surface area contributed by atoms with Crippen molar-refractivity contribution in [2.75, 3.05) is 66.3 Å². The molecule has 51 heavy (non-hydrogen) atoms. The first-order valence-electron chi connectivity index (χ1n) is 16.9. The van der Waals surface area contributed by atoms with E-state index >= 15 is 0 Å².